The molecule has 0 saturated heterocycles. The van der Waals surface area contributed by atoms with Gasteiger partial charge < -0.3 is 9.47 Å². The minimum absolute atomic E-state index is 0.0675. The Labute approximate surface area is 110 Å². The summed E-state index contributed by atoms with van der Waals surface area (Å²) >= 11 is 0. The van der Waals surface area contributed by atoms with Crippen LogP contribution in [0.1, 0.15) is 32.1 Å². The summed E-state index contributed by atoms with van der Waals surface area (Å²) in [5, 5.41) is 0. The van der Waals surface area contributed by atoms with Crippen LogP contribution < -0.4 is 0 Å². The number of unbranched alkanes of at least 4 members (excludes halogenated alkanes) is 4. The zero-order valence-electron chi connectivity index (χ0n) is 11.0. The molecule has 0 N–H and O–H groups in total. The molecule has 98 valence electrons. The van der Waals surface area contributed by atoms with Gasteiger partial charge in [0.05, 0.1) is 7.11 Å². The average molecular weight is 248 g/mol. The van der Waals surface area contributed by atoms with Gasteiger partial charge in [-0.3, -0.25) is 0 Å². The molecule has 0 aromatic carbocycles. The molecule has 0 radical (unpaired) electrons. The molecule has 0 amide bonds. The fraction of sp³-hybridized carbons (Fsp3) is 0.533. The minimum Gasteiger partial charge on any atom is -0.467 e. The van der Waals surface area contributed by atoms with E-state index in [-0.39, 0.29) is 13.2 Å². The largest absolute Gasteiger partial charge is 0.467 e. The van der Waals surface area contributed by atoms with Crippen molar-refractivity contribution in [3.8, 4) is 23.7 Å². The first-order chi connectivity index (χ1) is 8.81. The van der Waals surface area contributed by atoms with Crippen LogP contribution in [-0.2, 0) is 14.3 Å². The van der Waals surface area contributed by atoms with Crippen LogP contribution in [0.2, 0.25) is 0 Å². The summed E-state index contributed by atoms with van der Waals surface area (Å²) in [5.74, 6) is 10.7. The molecule has 3 heteroatoms. The number of hydrogen-bond acceptors (Lipinski definition) is 3. The third-order valence-corrected chi connectivity index (χ3v) is 2.07. The number of allylic oxidation sites excluding steroid dienone is 1. The number of carbonyl (C=O) groups is 1. The third kappa shape index (κ3) is 12.4. The van der Waals surface area contributed by atoms with Crippen LogP contribution in [0.3, 0.4) is 0 Å². The lowest BCUT2D eigenvalue weighted by Crippen LogP contribution is -2.10. The second-order valence-electron chi connectivity index (χ2n) is 3.56. The Morgan fingerprint density at radius 2 is 2.00 bits per heavy atom. The van der Waals surface area contributed by atoms with Crippen LogP contribution in [0.5, 0.6) is 0 Å². The molecule has 0 spiro atoms. The molecule has 0 fully saturated rings. The summed E-state index contributed by atoms with van der Waals surface area (Å²) < 4.78 is 9.34. The van der Waals surface area contributed by atoms with Crippen LogP contribution in [0, 0.1) is 23.7 Å². The number of rotatable bonds is 8. The number of hydrogen-bond donors (Lipinski definition) is 0. The highest BCUT2D eigenvalue weighted by molar-refractivity contribution is 5.70. The maximum absolute atomic E-state index is 10.7. The predicted octanol–water partition coefficient (Wildman–Crippen LogP) is 2.32. The summed E-state index contributed by atoms with van der Waals surface area (Å²) in [6, 6.07) is 0. The summed E-state index contributed by atoms with van der Waals surface area (Å²) in [4.78, 5) is 10.7. The fourth-order valence-electron chi connectivity index (χ4n) is 1.11. The lowest BCUT2D eigenvalue weighted by molar-refractivity contribution is -0.145. The molecule has 0 aliphatic rings. The molecule has 0 bridgehead atoms. The molecular formula is C15H20O3. The van der Waals surface area contributed by atoms with E-state index >= 15 is 0 Å². The fourth-order valence-corrected chi connectivity index (χ4v) is 1.11. The van der Waals surface area contributed by atoms with Crippen LogP contribution >= 0.6 is 0 Å². The molecule has 0 rings (SSSR count). The Kier molecular flexibility index (Phi) is 12.1. The van der Waals surface area contributed by atoms with E-state index < -0.39 is 5.97 Å². The molecule has 0 heterocycles. The van der Waals surface area contributed by atoms with E-state index in [9.17, 15) is 4.79 Å². The van der Waals surface area contributed by atoms with Crippen LogP contribution in [-0.4, -0.2) is 26.3 Å². The Morgan fingerprint density at radius 1 is 1.22 bits per heavy atom. The first kappa shape index (κ1) is 16.3. The van der Waals surface area contributed by atoms with Crippen molar-refractivity contribution in [1.29, 1.82) is 0 Å². The van der Waals surface area contributed by atoms with Crippen LogP contribution in [0.25, 0.3) is 0 Å². The zero-order valence-corrected chi connectivity index (χ0v) is 11.0. The average Bonchev–Trinajstić information content (AvgIpc) is 2.39. The van der Waals surface area contributed by atoms with Gasteiger partial charge in [0.15, 0.2) is 0 Å². The molecule has 0 aromatic rings. The van der Waals surface area contributed by atoms with E-state index in [4.69, 9.17) is 4.74 Å². The minimum atomic E-state index is -0.401. The third-order valence-electron chi connectivity index (χ3n) is 2.07. The van der Waals surface area contributed by atoms with Crippen molar-refractivity contribution >= 4 is 5.97 Å². The highest BCUT2D eigenvalue weighted by atomic mass is 16.6. The van der Waals surface area contributed by atoms with Gasteiger partial charge in [0.2, 0.25) is 0 Å². The molecule has 0 aliphatic heterocycles. The molecule has 0 unspecified atom stereocenters. The number of carbonyl (C=O) groups excluding carboxylic acids is 1. The van der Waals surface area contributed by atoms with Gasteiger partial charge >= 0.3 is 5.97 Å². The van der Waals surface area contributed by atoms with Gasteiger partial charge in [0.25, 0.3) is 0 Å². The monoisotopic (exact) mass is 248 g/mol. The maximum atomic E-state index is 10.7. The van der Waals surface area contributed by atoms with Crippen molar-refractivity contribution in [2.45, 2.75) is 32.1 Å². The Balaban J connectivity index is 3.41. The highest BCUT2D eigenvalue weighted by Gasteiger charge is 1.96. The lowest BCUT2D eigenvalue weighted by atomic mass is 10.1. The molecule has 3 nitrogen and oxygen atoms in total. The summed E-state index contributed by atoms with van der Waals surface area (Å²) in [6.07, 6.45) is 7.33. The van der Waals surface area contributed by atoms with Crippen LogP contribution in [0.15, 0.2) is 12.7 Å². The number of methoxy groups -OCH3 is 1. The Hall–Kier alpha value is -1.71. The first-order valence-corrected chi connectivity index (χ1v) is 6.02. The van der Waals surface area contributed by atoms with E-state index in [1.807, 2.05) is 6.08 Å². The normalized spacial score (nSPS) is 8.50. The van der Waals surface area contributed by atoms with E-state index in [0.717, 1.165) is 19.3 Å². The van der Waals surface area contributed by atoms with Gasteiger partial charge in [-0.2, -0.15) is 0 Å². The SMILES string of the molecule is C=CCCCCCC#CC#CCOCC(=O)OC. The molecule has 0 saturated carbocycles. The lowest BCUT2D eigenvalue weighted by Gasteiger charge is -1.96. The smallest absolute Gasteiger partial charge is 0.331 e. The molecule has 0 aliphatic carbocycles. The molecule has 0 atom stereocenters. The highest BCUT2D eigenvalue weighted by Crippen LogP contribution is 2.01. The van der Waals surface area contributed by atoms with Gasteiger partial charge in [-0.05, 0) is 31.1 Å². The van der Waals surface area contributed by atoms with E-state index in [0.29, 0.717) is 0 Å². The predicted molar refractivity (Wildman–Crippen MR) is 71.7 cm³/mol. The van der Waals surface area contributed by atoms with Gasteiger partial charge in [-0.1, -0.05) is 24.3 Å². The summed E-state index contributed by atoms with van der Waals surface area (Å²) in [5.41, 5.74) is 0. The van der Waals surface area contributed by atoms with Gasteiger partial charge in [-0.15, -0.1) is 6.58 Å². The number of esters is 1. The summed E-state index contributed by atoms with van der Waals surface area (Å²) in [7, 11) is 1.32. The van der Waals surface area contributed by atoms with Crippen molar-refractivity contribution in [2.24, 2.45) is 0 Å². The van der Waals surface area contributed by atoms with E-state index in [2.05, 4.69) is 35.0 Å². The molecule has 18 heavy (non-hydrogen) atoms. The standard InChI is InChI=1S/C15H20O3/c1-3-4-5-6-7-8-9-10-11-12-13-18-14-15(16)17-2/h3H,1,4-8,13-14H2,2H3. The first-order valence-electron chi connectivity index (χ1n) is 6.02. The topological polar surface area (TPSA) is 35.5 Å². The molecular weight excluding hydrogens is 228 g/mol. The van der Waals surface area contributed by atoms with Crippen molar-refractivity contribution in [3.05, 3.63) is 12.7 Å². The van der Waals surface area contributed by atoms with Crippen molar-refractivity contribution in [1.82, 2.24) is 0 Å². The van der Waals surface area contributed by atoms with Crippen molar-refractivity contribution in [2.75, 3.05) is 20.3 Å². The number of ether oxygens (including phenoxy) is 2. The quantitative estimate of drug-likeness (QED) is 0.286. The van der Waals surface area contributed by atoms with Crippen LogP contribution in [0.4, 0.5) is 0 Å². The van der Waals surface area contributed by atoms with Crippen molar-refractivity contribution in [3.63, 3.8) is 0 Å². The van der Waals surface area contributed by atoms with Gasteiger partial charge in [-0.25, -0.2) is 4.79 Å². The van der Waals surface area contributed by atoms with E-state index in [1.165, 1.54) is 20.0 Å². The Bertz CT molecular complexity index is 349. The van der Waals surface area contributed by atoms with Gasteiger partial charge in [0.1, 0.15) is 13.2 Å². The van der Waals surface area contributed by atoms with Crippen molar-refractivity contribution < 1.29 is 14.3 Å². The van der Waals surface area contributed by atoms with E-state index in [1.54, 1.807) is 0 Å². The summed E-state index contributed by atoms with van der Waals surface area (Å²) in [6.45, 7) is 3.80. The van der Waals surface area contributed by atoms with Gasteiger partial charge in [0, 0.05) is 6.42 Å². The Morgan fingerprint density at radius 3 is 2.72 bits per heavy atom. The maximum Gasteiger partial charge on any atom is 0.331 e. The second-order valence-corrected chi connectivity index (χ2v) is 3.56. The second kappa shape index (κ2) is 13.4. The molecule has 0 aromatic heterocycles. The zero-order chi connectivity index (χ0) is 13.5.